The van der Waals surface area contributed by atoms with Gasteiger partial charge in [0.25, 0.3) is 5.91 Å². The summed E-state index contributed by atoms with van der Waals surface area (Å²) in [6.45, 7) is 0. The Bertz CT molecular complexity index is 1230. The molecule has 1 amide bonds. The van der Waals surface area contributed by atoms with E-state index in [1.807, 2.05) is 0 Å². The van der Waals surface area contributed by atoms with Crippen molar-refractivity contribution in [3.05, 3.63) is 83.9 Å². The molecule has 1 aliphatic rings. The average molecular weight is 439 g/mol. The number of hydrogen-bond donors (Lipinski definition) is 1. The minimum atomic E-state index is -4.67. The van der Waals surface area contributed by atoms with Crippen molar-refractivity contribution in [2.75, 3.05) is 4.90 Å². The topological polar surface area (TPSA) is 87.9 Å². The lowest BCUT2D eigenvalue weighted by molar-refractivity contribution is -0.137. The first-order valence-corrected chi connectivity index (χ1v) is 9.78. The SMILES string of the molecule is O=C(c1cccc(C(F)(F)F)c1-c1ccn[nH]1)N(c1ccno1)C1(c2ccccn2)CC1. The molecule has 1 aliphatic carbocycles. The highest BCUT2D eigenvalue weighted by Crippen LogP contribution is 2.53. The molecule has 0 aliphatic heterocycles. The van der Waals surface area contributed by atoms with Gasteiger partial charge in [0.1, 0.15) is 0 Å². The second-order valence-corrected chi connectivity index (χ2v) is 7.43. The number of halogens is 3. The number of pyridine rings is 1. The van der Waals surface area contributed by atoms with Crippen molar-refractivity contribution >= 4 is 11.8 Å². The zero-order valence-corrected chi connectivity index (χ0v) is 16.5. The van der Waals surface area contributed by atoms with Crippen molar-refractivity contribution in [2.24, 2.45) is 0 Å². The number of anilines is 1. The van der Waals surface area contributed by atoms with Crippen LogP contribution in [0.15, 0.2) is 71.6 Å². The molecule has 10 heteroatoms. The number of benzene rings is 1. The number of rotatable bonds is 5. The summed E-state index contributed by atoms with van der Waals surface area (Å²) in [7, 11) is 0. The van der Waals surface area contributed by atoms with Gasteiger partial charge in [-0.25, -0.2) is 0 Å². The van der Waals surface area contributed by atoms with Crippen LogP contribution < -0.4 is 4.90 Å². The normalized spacial score (nSPS) is 14.8. The van der Waals surface area contributed by atoms with Gasteiger partial charge >= 0.3 is 6.18 Å². The van der Waals surface area contributed by atoms with E-state index in [1.54, 1.807) is 24.4 Å². The summed E-state index contributed by atoms with van der Waals surface area (Å²) < 4.78 is 46.9. The van der Waals surface area contributed by atoms with Crippen LogP contribution in [-0.4, -0.2) is 26.2 Å². The van der Waals surface area contributed by atoms with Gasteiger partial charge in [0.2, 0.25) is 5.88 Å². The van der Waals surface area contributed by atoms with E-state index < -0.39 is 23.2 Å². The van der Waals surface area contributed by atoms with E-state index in [0.717, 1.165) is 6.07 Å². The van der Waals surface area contributed by atoms with Gasteiger partial charge in [0, 0.05) is 24.0 Å². The highest BCUT2D eigenvalue weighted by molar-refractivity contribution is 6.11. The number of aromatic nitrogens is 4. The molecule has 162 valence electrons. The molecule has 7 nitrogen and oxygen atoms in total. The molecule has 0 spiro atoms. The van der Waals surface area contributed by atoms with E-state index in [9.17, 15) is 18.0 Å². The lowest BCUT2D eigenvalue weighted by atomic mass is 9.95. The van der Waals surface area contributed by atoms with Gasteiger partial charge in [-0.2, -0.15) is 18.3 Å². The predicted molar refractivity (Wildman–Crippen MR) is 107 cm³/mol. The van der Waals surface area contributed by atoms with Crippen LogP contribution >= 0.6 is 0 Å². The molecule has 0 atom stereocenters. The maximum absolute atomic E-state index is 13.9. The summed E-state index contributed by atoms with van der Waals surface area (Å²) in [6, 6.07) is 11.8. The zero-order valence-electron chi connectivity index (χ0n) is 16.5. The van der Waals surface area contributed by atoms with E-state index in [4.69, 9.17) is 4.52 Å². The van der Waals surface area contributed by atoms with E-state index in [-0.39, 0.29) is 22.7 Å². The van der Waals surface area contributed by atoms with Gasteiger partial charge in [-0.05, 0) is 43.2 Å². The first kappa shape index (κ1) is 20.0. The molecule has 1 fully saturated rings. The standard InChI is InChI=1S/C22H16F3N5O2/c23-22(24,25)15-5-3-4-14(19(15)16-7-12-27-29-16)20(31)30(18-8-13-28-32-18)21(9-10-21)17-6-1-2-11-26-17/h1-8,11-13H,9-10H2,(H,27,29). The molecule has 4 aromatic rings. The number of carbonyl (C=O) groups excluding carboxylic acids is 1. The lowest BCUT2D eigenvalue weighted by Crippen LogP contribution is -2.41. The molecule has 5 rings (SSSR count). The smallest absolute Gasteiger partial charge is 0.338 e. The van der Waals surface area contributed by atoms with E-state index in [0.29, 0.717) is 18.5 Å². The van der Waals surface area contributed by atoms with Crippen molar-refractivity contribution < 1.29 is 22.5 Å². The third kappa shape index (κ3) is 3.24. The molecule has 3 aromatic heterocycles. The summed E-state index contributed by atoms with van der Waals surface area (Å²) in [6.07, 6.45) is 0.807. The first-order chi connectivity index (χ1) is 15.4. The highest BCUT2D eigenvalue weighted by Gasteiger charge is 2.55. The Morgan fingerprint density at radius 2 is 1.88 bits per heavy atom. The van der Waals surface area contributed by atoms with Crippen LogP contribution in [0.25, 0.3) is 11.3 Å². The Hall–Kier alpha value is -3.95. The predicted octanol–water partition coefficient (Wildman–Crippen LogP) is 4.81. The molecule has 1 saturated carbocycles. The van der Waals surface area contributed by atoms with Gasteiger partial charge in [0.05, 0.1) is 34.3 Å². The fourth-order valence-electron chi connectivity index (χ4n) is 3.95. The van der Waals surface area contributed by atoms with E-state index in [2.05, 4.69) is 20.3 Å². The number of hydrogen-bond acceptors (Lipinski definition) is 5. The number of H-pyrrole nitrogens is 1. The van der Waals surface area contributed by atoms with Crippen LogP contribution in [0.1, 0.15) is 34.5 Å². The van der Waals surface area contributed by atoms with Crippen LogP contribution in [0.5, 0.6) is 0 Å². The zero-order chi connectivity index (χ0) is 22.3. The Labute approximate surface area is 179 Å². The molecule has 1 aromatic carbocycles. The summed E-state index contributed by atoms with van der Waals surface area (Å²) in [5.74, 6) is -0.522. The quantitative estimate of drug-likeness (QED) is 0.482. The Morgan fingerprint density at radius 3 is 2.47 bits per heavy atom. The van der Waals surface area contributed by atoms with Crippen LogP contribution in [0.3, 0.4) is 0 Å². The van der Waals surface area contributed by atoms with E-state index in [1.165, 1.54) is 41.6 Å². The third-order valence-electron chi connectivity index (χ3n) is 5.51. The largest absolute Gasteiger partial charge is 0.417 e. The van der Waals surface area contributed by atoms with Crippen molar-refractivity contribution in [1.29, 1.82) is 0 Å². The molecule has 0 radical (unpaired) electrons. The monoisotopic (exact) mass is 439 g/mol. The van der Waals surface area contributed by atoms with Crippen LogP contribution in [-0.2, 0) is 11.7 Å². The molecule has 0 unspecified atom stereocenters. The maximum atomic E-state index is 13.9. The van der Waals surface area contributed by atoms with Gasteiger partial charge in [-0.15, -0.1) is 0 Å². The maximum Gasteiger partial charge on any atom is 0.417 e. The molecule has 32 heavy (non-hydrogen) atoms. The molecular formula is C22H16F3N5O2. The van der Waals surface area contributed by atoms with Crippen LogP contribution in [0, 0.1) is 0 Å². The summed E-state index contributed by atoms with van der Waals surface area (Å²) in [5, 5.41) is 10.0. The molecule has 3 heterocycles. The highest BCUT2D eigenvalue weighted by atomic mass is 19.4. The number of nitrogens with one attached hydrogen (secondary N) is 1. The van der Waals surface area contributed by atoms with Crippen molar-refractivity contribution in [3.63, 3.8) is 0 Å². The number of amides is 1. The summed E-state index contributed by atoms with van der Waals surface area (Å²) in [4.78, 5) is 19.7. The molecular weight excluding hydrogens is 423 g/mol. The van der Waals surface area contributed by atoms with Gasteiger partial charge in [-0.3, -0.25) is 19.8 Å². The Morgan fingerprint density at radius 1 is 1.03 bits per heavy atom. The minimum absolute atomic E-state index is 0.0847. The van der Waals surface area contributed by atoms with E-state index >= 15 is 0 Å². The Balaban J connectivity index is 1.70. The van der Waals surface area contributed by atoms with Crippen LogP contribution in [0.2, 0.25) is 0 Å². The number of aromatic amines is 1. The van der Waals surface area contributed by atoms with Crippen molar-refractivity contribution in [3.8, 4) is 11.3 Å². The van der Waals surface area contributed by atoms with Crippen LogP contribution in [0.4, 0.5) is 19.1 Å². The van der Waals surface area contributed by atoms with Gasteiger partial charge < -0.3 is 4.52 Å². The second kappa shape index (κ2) is 7.33. The lowest BCUT2D eigenvalue weighted by Gasteiger charge is -2.30. The van der Waals surface area contributed by atoms with Gasteiger partial charge in [-0.1, -0.05) is 17.3 Å². The number of carbonyl (C=O) groups is 1. The summed E-state index contributed by atoms with van der Waals surface area (Å²) in [5.41, 5.74) is -1.47. The second-order valence-electron chi connectivity index (χ2n) is 7.43. The third-order valence-corrected chi connectivity index (χ3v) is 5.51. The molecule has 1 N–H and O–H groups in total. The van der Waals surface area contributed by atoms with Crippen molar-refractivity contribution in [1.82, 2.24) is 20.3 Å². The fourth-order valence-corrected chi connectivity index (χ4v) is 3.95. The van der Waals surface area contributed by atoms with Gasteiger partial charge in [0.15, 0.2) is 0 Å². The first-order valence-electron chi connectivity index (χ1n) is 9.78. The number of alkyl halides is 3. The average Bonchev–Trinajstić information content (AvgIpc) is 3.18. The van der Waals surface area contributed by atoms with Crippen molar-refractivity contribution in [2.45, 2.75) is 24.6 Å². The summed E-state index contributed by atoms with van der Waals surface area (Å²) >= 11 is 0. The fraction of sp³-hybridized carbons (Fsp3) is 0.182. The molecule has 0 saturated heterocycles. The Kier molecular flexibility index (Phi) is 4.58. The number of nitrogens with zero attached hydrogens (tertiary/aromatic N) is 4. The minimum Gasteiger partial charge on any atom is -0.338 e. The molecule has 0 bridgehead atoms.